The van der Waals surface area contributed by atoms with Crippen LogP contribution in [0, 0.1) is 5.92 Å². The molecule has 0 aromatic heterocycles. The minimum atomic E-state index is -1.05. The van der Waals surface area contributed by atoms with Crippen molar-refractivity contribution < 1.29 is 24.2 Å². The van der Waals surface area contributed by atoms with Gasteiger partial charge >= 0.3 is 5.97 Å². The second kappa shape index (κ2) is 8.38. The van der Waals surface area contributed by atoms with Crippen LogP contribution in [0.4, 0.5) is 0 Å². The van der Waals surface area contributed by atoms with Crippen LogP contribution in [0.2, 0.25) is 0 Å². The molecule has 0 bridgehead atoms. The highest BCUT2D eigenvalue weighted by atomic mass is 16.5. The van der Waals surface area contributed by atoms with Gasteiger partial charge in [0, 0.05) is 25.3 Å². The van der Waals surface area contributed by atoms with Crippen molar-refractivity contribution in [3.63, 3.8) is 0 Å². The SMILES string of the molecule is O=C(O)COc1cccc(C(=O)NCCCOCC2CC2)c1. The van der Waals surface area contributed by atoms with Gasteiger partial charge in [0.05, 0.1) is 0 Å². The molecule has 0 spiro atoms. The van der Waals surface area contributed by atoms with E-state index >= 15 is 0 Å². The van der Waals surface area contributed by atoms with Crippen molar-refractivity contribution in [2.45, 2.75) is 19.3 Å². The van der Waals surface area contributed by atoms with Gasteiger partial charge in [0.15, 0.2) is 6.61 Å². The lowest BCUT2D eigenvalue weighted by molar-refractivity contribution is -0.139. The van der Waals surface area contributed by atoms with Gasteiger partial charge in [0.25, 0.3) is 5.91 Å². The first-order valence-corrected chi connectivity index (χ1v) is 7.46. The van der Waals surface area contributed by atoms with E-state index in [9.17, 15) is 9.59 Å². The Morgan fingerprint density at radius 1 is 1.32 bits per heavy atom. The Hall–Kier alpha value is -2.08. The Morgan fingerprint density at radius 3 is 2.86 bits per heavy atom. The molecule has 1 amide bonds. The highest BCUT2D eigenvalue weighted by Gasteiger charge is 2.20. The maximum absolute atomic E-state index is 12.0. The third-order valence-electron chi connectivity index (χ3n) is 3.26. The summed E-state index contributed by atoms with van der Waals surface area (Å²) < 4.78 is 10.5. The van der Waals surface area contributed by atoms with E-state index in [2.05, 4.69) is 5.32 Å². The van der Waals surface area contributed by atoms with Crippen LogP contribution in [0.5, 0.6) is 5.75 Å². The fourth-order valence-corrected chi connectivity index (χ4v) is 1.88. The van der Waals surface area contributed by atoms with Gasteiger partial charge in [0.1, 0.15) is 5.75 Å². The molecule has 0 unspecified atom stereocenters. The predicted octanol–water partition coefficient (Wildman–Crippen LogP) is 1.70. The summed E-state index contributed by atoms with van der Waals surface area (Å²) in [4.78, 5) is 22.4. The van der Waals surface area contributed by atoms with Crippen LogP contribution in [0.3, 0.4) is 0 Å². The average molecular weight is 307 g/mol. The largest absolute Gasteiger partial charge is 0.482 e. The Balaban J connectivity index is 1.66. The summed E-state index contributed by atoms with van der Waals surface area (Å²) in [7, 11) is 0. The molecule has 22 heavy (non-hydrogen) atoms. The van der Waals surface area contributed by atoms with Gasteiger partial charge in [-0.15, -0.1) is 0 Å². The van der Waals surface area contributed by atoms with Gasteiger partial charge in [-0.05, 0) is 43.4 Å². The van der Waals surface area contributed by atoms with Gasteiger partial charge in [-0.1, -0.05) is 6.07 Å². The number of hydrogen-bond donors (Lipinski definition) is 2. The number of benzene rings is 1. The Bertz CT molecular complexity index is 513. The first-order chi connectivity index (χ1) is 10.6. The predicted molar refractivity (Wildman–Crippen MR) is 80.1 cm³/mol. The standard InChI is InChI=1S/C16H21NO5/c18-15(19)11-22-14-4-1-3-13(9-14)16(20)17-7-2-8-21-10-12-5-6-12/h1,3-4,9,12H,2,5-8,10-11H2,(H,17,20)(H,18,19). The number of hydrogen-bond acceptors (Lipinski definition) is 4. The number of carbonyl (C=O) groups is 2. The molecule has 6 nitrogen and oxygen atoms in total. The quantitative estimate of drug-likeness (QED) is 0.643. The second-order valence-corrected chi connectivity index (χ2v) is 5.34. The van der Waals surface area contributed by atoms with E-state index in [1.54, 1.807) is 18.2 Å². The van der Waals surface area contributed by atoms with Crippen LogP contribution >= 0.6 is 0 Å². The molecular formula is C16H21NO5. The Morgan fingerprint density at radius 2 is 2.14 bits per heavy atom. The maximum atomic E-state index is 12.0. The number of carboxylic acid groups (broad SMARTS) is 1. The third-order valence-corrected chi connectivity index (χ3v) is 3.26. The molecular weight excluding hydrogens is 286 g/mol. The van der Waals surface area contributed by atoms with Crippen molar-refractivity contribution in [1.29, 1.82) is 0 Å². The van der Waals surface area contributed by atoms with E-state index in [4.69, 9.17) is 14.6 Å². The Labute approximate surface area is 129 Å². The van der Waals surface area contributed by atoms with Gasteiger partial charge in [0.2, 0.25) is 0 Å². The van der Waals surface area contributed by atoms with Crippen molar-refractivity contribution in [2.24, 2.45) is 5.92 Å². The molecule has 0 saturated heterocycles. The first kappa shape index (κ1) is 16.3. The van der Waals surface area contributed by atoms with Crippen LogP contribution in [-0.2, 0) is 9.53 Å². The fraction of sp³-hybridized carbons (Fsp3) is 0.500. The molecule has 0 aliphatic heterocycles. The minimum Gasteiger partial charge on any atom is -0.482 e. The molecule has 120 valence electrons. The number of ether oxygens (including phenoxy) is 2. The summed E-state index contributed by atoms with van der Waals surface area (Å²) >= 11 is 0. The smallest absolute Gasteiger partial charge is 0.341 e. The molecule has 1 aromatic carbocycles. The molecule has 1 fully saturated rings. The molecule has 1 aliphatic carbocycles. The minimum absolute atomic E-state index is 0.206. The second-order valence-electron chi connectivity index (χ2n) is 5.34. The number of nitrogens with one attached hydrogen (secondary N) is 1. The lowest BCUT2D eigenvalue weighted by atomic mass is 10.2. The monoisotopic (exact) mass is 307 g/mol. The Kier molecular flexibility index (Phi) is 6.21. The van der Waals surface area contributed by atoms with Gasteiger partial charge in [-0.25, -0.2) is 4.79 Å². The topological polar surface area (TPSA) is 84.9 Å². The molecule has 0 radical (unpaired) electrons. The molecule has 1 aliphatic rings. The van der Waals surface area contributed by atoms with Crippen LogP contribution in [0.15, 0.2) is 24.3 Å². The van der Waals surface area contributed by atoms with Crippen LogP contribution in [0.25, 0.3) is 0 Å². The van der Waals surface area contributed by atoms with Gasteiger partial charge < -0.3 is 19.9 Å². The molecule has 0 atom stereocenters. The summed E-state index contributed by atoms with van der Waals surface area (Å²) in [6.45, 7) is 1.60. The molecule has 1 aromatic rings. The average Bonchev–Trinajstić information content (AvgIpc) is 3.33. The molecule has 1 saturated carbocycles. The summed E-state index contributed by atoms with van der Waals surface area (Å²) in [5.74, 6) is -0.144. The molecule has 6 heteroatoms. The molecule has 2 N–H and O–H groups in total. The zero-order valence-corrected chi connectivity index (χ0v) is 12.4. The van der Waals surface area contributed by atoms with E-state index < -0.39 is 12.6 Å². The highest BCUT2D eigenvalue weighted by Crippen LogP contribution is 2.28. The normalized spacial score (nSPS) is 13.6. The fourth-order valence-electron chi connectivity index (χ4n) is 1.88. The summed E-state index contributed by atoms with van der Waals surface area (Å²) in [5.41, 5.74) is 0.446. The van der Waals surface area contributed by atoms with E-state index in [0.29, 0.717) is 24.5 Å². The maximum Gasteiger partial charge on any atom is 0.341 e. The lowest BCUT2D eigenvalue weighted by Crippen LogP contribution is -2.25. The van der Waals surface area contributed by atoms with E-state index in [1.807, 2.05) is 0 Å². The number of amides is 1. The zero-order valence-electron chi connectivity index (χ0n) is 12.4. The number of carbonyl (C=O) groups excluding carboxylic acids is 1. The number of rotatable bonds is 10. The van der Waals surface area contributed by atoms with Crippen LogP contribution < -0.4 is 10.1 Å². The third kappa shape index (κ3) is 6.13. The van der Waals surface area contributed by atoms with E-state index in [-0.39, 0.29) is 5.91 Å². The van der Waals surface area contributed by atoms with E-state index in [0.717, 1.165) is 18.9 Å². The number of aliphatic carboxylic acids is 1. The van der Waals surface area contributed by atoms with Crippen LogP contribution in [-0.4, -0.2) is 43.3 Å². The van der Waals surface area contributed by atoms with Crippen molar-refractivity contribution in [1.82, 2.24) is 5.32 Å². The molecule has 2 rings (SSSR count). The summed E-state index contributed by atoms with van der Waals surface area (Å²) in [6.07, 6.45) is 3.32. The highest BCUT2D eigenvalue weighted by molar-refractivity contribution is 5.94. The van der Waals surface area contributed by atoms with Crippen molar-refractivity contribution in [3.8, 4) is 5.75 Å². The lowest BCUT2D eigenvalue weighted by Gasteiger charge is -2.08. The summed E-state index contributed by atoms with van der Waals surface area (Å²) in [5, 5.41) is 11.4. The number of carboxylic acids is 1. The van der Waals surface area contributed by atoms with Gasteiger partial charge in [-0.2, -0.15) is 0 Å². The van der Waals surface area contributed by atoms with Crippen molar-refractivity contribution in [3.05, 3.63) is 29.8 Å². The van der Waals surface area contributed by atoms with Crippen molar-refractivity contribution >= 4 is 11.9 Å². The van der Waals surface area contributed by atoms with Gasteiger partial charge in [-0.3, -0.25) is 4.79 Å². The van der Waals surface area contributed by atoms with Crippen molar-refractivity contribution in [2.75, 3.05) is 26.4 Å². The van der Waals surface area contributed by atoms with Crippen LogP contribution in [0.1, 0.15) is 29.6 Å². The van der Waals surface area contributed by atoms with E-state index in [1.165, 1.54) is 18.9 Å². The first-order valence-electron chi connectivity index (χ1n) is 7.46. The molecule has 0 heterocycles. The zero-order chi connectivity index (χ0) is 15.8. The summed E-state index contributed by atoms with van der Waals surface area (Å²) in [6, 6.07) is 6.46.